The first kappa shape index (κ1) is 23.4. The molecular weight excluding hydrogens is 406 g/mol. The van der Waals surface area contributed by atoms with Crippen LogP contribution in [0, 0.1) is 5.92 Å². The molecule has 162 valence electrons. The van der Waals surface area contributed by atoms with Gasteiger partial charge in [0.2, 0.25) is 5.91 Å². The van der Waals surface area contributed by atoms with Gasteiger partial charge in [0, 0.05) is 25.8 Å². The predicted octanol–water partition coefficient (Wildman–Crippen LogP) is 3.00. The lowest BCUT2D eigenvalue weighted by Crippen LogP contribution is -2.36. The van der Waals surface area contributed by atoms with Gasteiger partial charge in [0.25, 0.3) is 0 Å². The van der Waals surface area contributed by atoms with Crippen molar-refractivity contribution in [2.24, 2.45) is 5.92 Å². The topological polar surface area (TPSA) is 101 Å². The number of carbonyl (C=O) groups is 2. The lowest BCUT2D eigenvalue weighted by molar-refractivity contribution is -0.143. The number of ether oxygens (including phenoxy) is 1. The van der Waals surface area contributed by atoms with E-state index in [9.17, 15) is 23.1 Å². The Balaban J connectivity index is 1.89. The minimum Gasteiger partial charge on any atom is -0.494 e. The number of hydrogen-bond acceptors (Lipinski definition) is 5. The van der Waals surface area contributed by atoms with Crippen LogP contribution in [0.5, 0.6) is 5.75 Å². The van der Waals surface area contributed by atoms with Crippen LogP contribution in [-0.2, 0) is 26.0 Å². The standard InChI is InChI=1S/C22H27NO6S/c1-17(22(25)26)15-23(16-18-7-4-3-5-8-18)21(24)9-6-14-29-19-10-12-20(13-11-19)30(2,27)28/h3-5,7-8,10-13,17H,6,9,14-16H2,1-2H3,(H,25,26)/t17-/m1/s1. The molecule has 2 aromatic carbocycles. The van der Waals surface area contributed by atoms with E-state index in [0.29, 0.717) is 18.7 Å². The Kier molecular flexibility index (Phi) is 8.41. The number of nitrogens with zero attached hydrogens (tertiary/aromatic N) is 1. The van der Waals surface area contributed by atoms with Gasteiger partial charge < -0.3 is 14.7 Å². The minimum absolute atomic E-state index is 0.136. The van der Waals surface area contributed by atoms with Crippen molar-refractivity contribution in [2.45, 2.75) is 31.2 Å². The summed E-state index contributed by atoms with van der Waals surface area (Å²) in [6.45, 7) is 2.36. The van der Waals surface area contributed by atoms with E-state index in [4.69, 9.17) is 4.74 Å². The fourth-order valence-corrected chi connectivity index (χ4v) is 3.45. The first-order valence-corrected chi connectivity index (χ1v) is 11.5. The van der Waals surface area contributed by atoms with Gasteiger partial charge >= 0.3 is 5.97 Å². The number of carbonyl (C=O) groups excluding carboxylic acids is 1. The van der Waals surface area contributed by atoms with Gasteiger partial charge in [-0.2, -0.15) is 0 Å². The van der Waals surface area contributed by atoms with Gasteiger partial charge in [-0.25, -0.2) is 8.42 Å². The molecule has 0 spiro atoms. The normalized spacial score (nSPS) is 12.2. The van der Waals surface area contributed by atoms with Crippen LogP contribution in [0.1, 0.15) is 25.3 Å². The molecule has 0 aliphatic heterocycles. The molecule has 1 N–H and O–H groups in total. The average Bonchev–Trinajstić information content (AvgIpc) is 2.71. The summed E-state index contributed by atoms with van der Waals surface area (Å²) in [7, 11) is -3.26. The van der Waals surface area contributed by atoms with Crippen LogP contribution in [0.3, 0.4) is 0 Å². The summed E-state index contributed by atoms with van der Waals surface area (Å²) in [6, 6.07) is 15.5. The van der Waals surface area contributed by atoms with Gasteiger partial charge in [0.1, 0.15) is 5.75 Å². The van der Waals surface area contributed by atoms with Crippen molar-refractivity contribution in [3.63, 3.8) is 0 Å². The van der Waals surface area contributed by atoms with Crippen molar-refractivity contribution >= 4 is 21.7 Å². The number of rotatable bonds is 11. The molecule has 0 fully saturated rings. The average molecular weight is 434 g/mol. The highest BCUT2D eigenvalue weighted by molar-refractivity contribution is 7.90. The molecule has 0 unspecified atom stereocenters. The summed E-state index contributed by atoms with van der Waals surface area (Å²) in [4.78, 5) is 25.7. The maximum absolute atomic E-state index is 12.7. The Bertz CT molecular complexity index is 941. The lowest BCUT2D eigenvalue weighted by Gasteiger charge is -2.25. The zero-order valence-electron chi connectivity index (χ0n) is 17.2. The molecule has 1 atom stereocenters. The van der Waals surface area contributed by atoms with Gasteiger partial charge in [0.15, 0.2) is 9.84 Å². The molecule has 2 rings (SSSR count). The smallest absolute Gasteiger partial charge is 0.308 e. The van der Waals surface area contributed by atoms with Crippen LogP contribution in [0.25, 0.3) is 0 Å². The van der Waals surface area contributed by atoms with E-state index < -0.39 is 21.7 Å². The second-order valence-electron chi connectivity index (χ2n) is 7.19. The van der Waals surface area contributed by atoms with Crippen molar-refractivity contribution < 1.29 is 27.9 Å². The molecule has 0 saturated carbocycles. The summed E-state index contributed by atoms with van der Waals surface area (Å²) in [5, 5.41) is 9.19. The molecule has 2 aromatic rings. The summed E-state index contributed by atoms with van der Waals surface area (Å²) < 4.78 is 28.5. The molecule has 0 saturated heterocycles. The second kappa shape index (κ2) is 10.8. The third-order valence-electron chi connectivity index (χ3n) is 4.54. The first-order chi connectivity index (χ1) is 14.2. The summed E-state index contributed by atoms with van der Waals surface area (Å²) >= 11 is 0. The lowest BCUT2D eigenvalue weighted by atomic mass is 10.1. The molecule has 0 aliphatic rings. The molecule has 0 radical (unpaired) electrons. The second-order valence-corrected chi connectivity index (χ2v) is 9.21. The van der Waals surface area contributed by atoms with Gasteiger partial charge in [-0.3, -0.25) is 9.59 Å². The number of hydrogen-bond donors (Lipinski definition) is 1. The van der Waals surface area contributed by atoms with Crippen LogP contribution < -0.4 is 4.74 Å². The largest absolute Gasteiger partial charge is 0.494 e. The van der Waals surface area contributed by atoms with Crippen LogP contribution >= 0.6 is 0 Å². The van der Waals surface area contributed by atoms with Crippen molar-refractivity contribution in [3.05, 3.63) is 60.2 Å². The maximum Gasteiger partial charge on any atom is 0.308 e. The van der Waals surface area contributed by atoms with Gasteiger partial charge in [-0.15, -0.1) is 0 Å². The Labute approximate surface area is 177 Å². The monoisotopic (exact) mass is 433 g/mol. The number of amides is 1. The molecule has 0 bridgehead atoms. The quantitative estimate of drug-likeness (QED) is 0.547. The van der Waals surface area contributed by atoms with Crippen molar-refractivity contribution in [2.75, 3.05) is 19.4 Å². The molecule has 0 aliphatic carbocycles. The van der Waals surface area contributed by atoms with E-state index in [1.807, 2.05) is 30.3 Å². The van der Waals surface area contributed by atoms with Gasteiger partial charge in [0.05, 0.1) is 17.4 Å². The van der Waals surface area contributed by atoms with Gasteiger partial charge in [-0.05, 0) is 36.2 Å². The molecule has 7 nitrogen and oxygen atoms in total. The highest BCUT2D eigenvalue weighted by Crippen LogP contribution is 2.16. The number of benzene rings is 2. The van der Waals surface area contributed by atoms with E-state index in [0.717, 1.165) is 11.8 Å². The number of sulfone groups is 1. The fraction of sp³-hybridized carbons (Fsp3) is 0.364. The van der Waals surface area contributed by atoms with Crippen molar-refractivity contribution in [3.8, 4) is 5.75 Å². The Morgan fingerprint density at radius 2 is 1.70 bits per heavy atom. The van der Waals surface area contributed by atoms with Crippen molar-refractivity contribution in [1.82, 2.24) is 4.90 Å². The highest BCUT2D eigenvalue weighted by atomic mass is 32.2. The Morgan fingerprint density at radius 3 is 2.27 bits per heavy atom. The zero-order valence-corrected chi connectivity index (χ0v) is 18.0. The Hall–Kier alpha value is -2.87. The third-order valence-corrected chi connectivity index (χ3v) is 5.67. The molecule has 30 heavy (non-hydrogen) atoms. The number of aliphatic carboxylic acids is 1. The molecule has 8 heteroatoms. The van der Waals surface area contributed by atoms with E-state index in [1.54, 1.807) is 24.0 Å². The minimum atomic E-state index is -3.26. The highest BCUT2D eigenvalue weighted by Gasteiger charge is 2.20. The predicted molar refractivity (Wildman–Crippen MR) is 113 cm³/mol. The zero-order chi connectivity index (χ0) is 22.1. The van der Waals surface area contributed by atoms with Crippen LogP contribution in [0.2, 0.25) is 0 Å². The molecule has 0 heterocycles. The summed E-state index contributed by atoms with van der Waals surface area (Å²) in [6.07, 6.45) is 1.82. The Morgan fingerprint density at radius 1 is 1.07 bits per heavy atom. The fourth-order valence-electron chi connectivity index (χ4n) is 2.82. The SMILES string of the molecule is C[C@H](CN(Cc1ccccc1)C(=O)CCCOc1ccc(S(C)(=O)=O)cc1)C(=O)O. The van der Waals surface area contributed by atoms with E-state index in [2.05, 4.69) is 0 Å². The molecule has 0 aromatic heterocycles. The maximum atomic E-state index is 12.7. The van der Waals surface area contributed by atoms with Crippen LogP contribution in [0.4, 0.5) is 0 Å². The van der Waals surface area contributed by atoms with Crippen LogP contribution in [-0.4, -0.2) is 49.7 Å². The van der Waals surface area contributed by atoms with E-state index in [-0.39, 0.29) is 30.4 Å². The summed E-state index contributed by atoms with van der Waals surface area (Å²) in [5.74, 6) is -1.22. The van der Waals surface area contributed by atoms with E-state index in [1.165, 1.54) is 12.1 Å². The number of carboxylic acids is 1. The molecule has 1 amide bonds. The van der Waals surface area contributed by atoms with E-state index >= 15 is 0 Å². The molecular formula is C22H27NO6S. The third kappa shape index (κ3) is 7.51. The number of carboxylic acid groups (broad SMARTS) is 1. The van der Waals surface area contributed by atoms with Gasteiger partial charge in [-0.1, -0.05) is 37.3 Å². The van der Waals surface area contributed by atoms with Crippen LogP contribution in [0.15, 0.2) is 59.5 Å². The van der Waals surface area contributed by atoms with Crippen molar-refractivity contribution in [1.29, 1.82) is 0 Å². The summed E-state index contributed by atoms with van der Waals surface area (Å²) in [5.41, 5.74) is 0.936. The first-order valence-electron chi connectivity index (χ1n) is 9.64.